The van der Waals surface area contributed by atoms with E-state index in [1.54, 1.807) is 0 Å². The third-order valence-corrected chi connectivity index (χ3v) is 1.58. The highest BCUT2D eigenvalue weighted by atomic mass is 16.2. The predicted octanol–water partition coefficient (Wildman–Crippen LogP) is 1.37. The number of rotatable bonds is 6. The number of hydrogen-bond donors (Lipinski definition) is 1. The summed E-state index contributed by atoms with van der Waals surface area (Å²) in [4.78, 5) is 10.3. The van der Waals surface area contributed by atoms with Gasteiger partial charge in [-0.15, -0.1) is 0 Å². The molecular weight excluding hydrogens is 128 g/mol. The van der Waals surface area contributed by atoms with E-state index in [1.165, 1.54) is 0 Å². The molecular formula is C8H16O2. The Kier molecular flexibility index (Phi) is 6.50. The van der Waals surface area contributed by atoms with Crippen LogP contribution >= 0.6 is 0 Å². The quantitative estimate of drug-likeness (QED) is 0.572. The molecule has 0 aliphatic heterocycles. The molecule has 2 heteroatoms. The van der Waals surface area contributed by atoms with Crippen LogP contribution in [-0.2, 0) is 4.79 Å². The Labute approximate surface area is 62.2 Å². The molecule has 0 saturated carbocycles. The van der Waals surface area contributed by atoms with Crippen molar-refractivity contribution in [3.63, 3.8) is 0 Å². The Bertz CT molecular complexity index is 81.3. The van der Waals surface area contributed by atoms with Crippen molar-refractivity contribution in [2.45, 2.75) is 32.6 Å². The average Bonchev–Trinajstić information content (AvgIpc) is 1.98. The van der Waals surface area contributed by atoms with Crippen molar-refractivity contribution in [1.82, 2.24) is 0 Å². The summed E-state index contributed by atoms with van der Waals surface area (Å²) >= 11 is 0. The van der Waals surface area contributed by atoms with E-state index in [1.807, 2.05) is 0 Å². The molecule has 2 nitrogen and oxygen atoms in total. The Balaban J connectivity index is 3.29. The van der Waals surface area contributed by atoms with Crippen LogP contribution in [-0.4, -0.2) is 18.0 Å². The first-order valence-corrected chi connectivity index (χ1v) is 3.91. The summed E-state index contributed by atoms with van der Waals surface area (Å²) in [5.74, 6) is 0.178. The highest BCUT2D eigenvalue weighted by molar-refractivity contribution is 5.53. The van der Waals surface area contributed by atoms with Crippen LogP contribution in [0.3, 0.4) is 0 Å². The summed E-state index contributed by atoms with van der Waals surface area (Å²) in [5, 5.41) is 8.46. The average molecular weight is 144 g/mol. The van der Waals surface area contributed by atoms with Gasteiger partial charge in [0.2, 0.25) is 0 Å². The van der Waals surface area contributed by atoms with Gasteiger partial charge in [0.1, 0.15) is 6.29 Å². The number of aliphatic hydroxyl groups excluding tert-OH is 1. The zero-order valence-electron chi connectivity index (χ0n) is 6.55. The third kappa shape index (κ3) is 4.50. The van der Waals surface area contributed by atoms with Crippen molar-refractivity contribution < 1.29 is 9.90 Å². The monoisotopic (exact) mass is 144 g/mol. The topological polar surface area (TPSA) is 37.3 Å². The number of hydrogen-bond acceptors (Lipinski definition) is 2. The van der Waals surface area contributed by atoms with Crippen molar-refractivity contribution in [3.8, 4) is 0 Å². The number of aliphatic hydroxyl groups is 1. The van der Waals surface area contributed by atoms with Crippen molar-refractivity contribution in [2.75, 3.05) is 6.61 Å². The van der Waals surface area contributed by atoms with Crippen LogP contribution in [0.1, 0.15) is 32.6 Å². The smallest absolute Gasteiger partial charge is 0.123 e. The Morgan fingerprint density at radius 2 is 2.20 bits per heavy atom. The molecule has 0 aliphatic rings. The highest BCUT2D eigenvalue weighted by Crippen LogP contribution is 2.09. The van der Waals surface area contributed by atoms with Crippen LogP contribution in [0.15, 0.2) is 0 Å². The molecule has 0 saturated heterocycles. The molecule has 0 heterocycles. The van der Waals surface area contributed by atoms with Gasteiger partial charge in [-0.05, 0) is 19.3 Å². The summed E-state index contributed by atoms with van der Waals surface area (Å²) in [6, 6.07) is 0. The maximum absolute atomic E-state index is 10.3. The first-order chi connectivity index (χ1) is 4.85. The van der Waals surface area contributed by atoms with Crippen molar-refractivity contribution in [2.24, 2.45) is 5.92 Å². The fourth-order valence-electron chi connectivity index (χ4n) is 1.00. The molecule has 1 atom stereocenters. The molecule has 0 bridgehead atoms. The molecule has 1 unspecified atom stereocenters. The summed E-state index contributed by atoms with van der Waals surface area (Å²) in [7, 11) is 0. The van der Waals surface area contributed by atoms with Crippen LogP contribution in [0.25, 0.3) is 0 Å². The zero-order valence-corrected chi connectivity index (χ0v) is 6.55. The summed E-state index contributed by atoms with van der Waals surface area (Å²) < 4.78 is 0. The molecule has 0 amide bonds. The second-order valence-electron chi connectivity index (χ2n) is 2.55. The Morgan fingerprint density at radius 1 is 1.50 bits per heavy atom. The standard InChI is InChI=1S/C8H16O2/c1-2-4-8(7-10)5-3-6-9/h7-9H,2-6H2,1H3. The first kappa shape index (κ1) is 9.63. The SMILES string of the molecule is CCCC(C=O)CCCO. The van der Waals surface area contributed by atoms with Crippen LogP contribution in [0.5, 0.6) is 0 Å². The first-order valence-electron chi connectivity index (χ1n) is 3.91. The zero-order chi connectivity index (χ0) is 7.82. The van der Waals surface area contributed by atoms with Gasteiger partial charge in [0, 0.05) is 12.5 Å². The molecule has 0 aromatic rings. The van der Waals surface area contributed by atoms with Gasteiger partial charge >= 0.3 is 0 Å². The van der Waals surface area contributed by atoms with Gasteiger partial charge in [0.05, 0.1) is 0 Å². The number of carbonyl (C=O) groups is 1. The summed E-state index contributed by atoms with van der Waals surface area (Å²) in [6.07, 6.45) is 4.61. The predicted molar refractivity (Wildman–Crippen MR) is 40.8 cm³/mol. The van der Waals surface area contributed by atoms with Crippen LogP contribution < -0.4 is 0 Å². The molecule has 0 rings (SSSR count). The van der Waals surface area contributed by atoms with Gasteiger partial charge < -0.3 is 9.90 Å². The van der Waals surface area contributed by atoms with Crippen molar-refractivity contribution in [3.05, 3.63) is 0 Å². The van der Waals surface area contributed by atoms with E-state index in [9.17, 15) is 4.79 Å². The van der Waals surface area contributed by atoms with Crippen molar-refractivity contribution in [1.29, 1.82) is 0 Å². The molecule has 0 radical (unpaired) electrons. The van der Waals surface area contributed by atoms with Gasteiger partial charge in [-0.2, -0.15) is 0 Å². The lowest BCUT2D eigenvalue weighted by molar-refractivity contribution is -0.111. The Morgan fingerprint density at radius 3 is 2.60 bits per heavy atom. The van der Waals surface area contributed by atoms with E-state index in [2.05, 4.69) is 6.92 Å². The largest absolute Gasteiger partial charge is 0.396 e. The molecule has 1 N–H and O–H groups in total. The minimum atomic E-state index is 0.178. The van der Waals surface area contributed by atoms with Gasteiger partial charge in [0.25, 0.3) is 0 Å². The lowest BCUT2D eigenvalue weighted by Gasteiger charge is -2.05. The minimum absolute atomic E-state index is 0.178. The van der Waals surface area contributed by atoms with Gasteiger partial charge in [-0.25, -0.2) is 0 Å². The van der Waals surface area contributed by atoms with Gasteiger partial charge in [0.15, 0.2) is 0 Å². The number of carbonyl (C=O) groups excluding carboxylic acids is 1. The van der Waals surface area contributed by atoms with E-state index in [0.29, 0.717) is 0 Å². The van der Waals surface area contributed by atoms with Gasteiger partial charge in [-0.3, -0.25) is 0 Å². The molecule has 0 fully saturated rings. The maximum Gasteiger partial charge on any atom is 0.123 e. The van der Waals surface area contributed by atoms with Crippen molar-refractivity contribution >= 4 is 6.29 Å². The Hall–Kier alpha value is -0.370. The highest BCUT2D eigenvalue weighted by Gasteiger charge is 2.03. The van der Waals surface area contributed by atoms with Crippen LogP contribution in [0.4, 0.5) is 0 Å². The fraction of sp³-hybridized carbons (Fsp3) is 0.875. The molecule has 0 aromatic carbocycles. The number of aldehydes is 1. The summed E-state index contributed by atoms with van der Waals surface area (Å²) in [6.45, 7) is 2.27. The molecule has 10 heavy (non-hydrogen) atoms. The van der Waals surface area contributed by atoms with E-state index >= 15 is 0 Å². The van der Waals surface area contributed by atoms with E-state index in [4.69, 9.17) is 5.11 Å². The summed E-state index contributed by atoms with van der Waals surface area (Å²) in [5.41, 5.74) is 0. The van der Waals surface area contributed by atoms with Crippen LogP contribution in [0.2, 0.25) is 0 Å². The molecule has 60 valence electrons. The third-order valence-electron chi connectivity index (χ3n) is 1.58. The van der Waals surface area contributed by atoms with E-state index in [-0.39, 0.29) is 12.5 Å². The maximum atomic E-state index is 10.3. The fourth-order valence-corrected chi connectivity index (χ4v) is 1.00. The normalized spacial score (nSPS) is 13.0. The molecule has 0 aromatic heterocycles. The van der Waals surface area contributed by atoms with E-state index in [0.717, 1.165) is 32.0 Å². The lowest BCUT2D eigenvalue weighted by Crippen LogP contribution is -2.02. The second kappa shape index (κ2) is 6.75. The van der Waals surface area contributed by atoms with E-state index < -0.39 is 0 Å². The van der Waals surface area contributed by atoms with Gasteiger partial charge in [-0.1, -0.05) is 13.3 Å². The van der Waals surface area contributed by atoms with Crippen LogP contribution in [0, 0.1) is 5.92 Å². The molecule has 0 aliphatic carbocycles. The second-order valence-corrected chi connectivity index (χ2v) is 2.55. The minimum Gasteiger partial charge on any atom is -0.396 e. The lowest BCUT2D eigenvalue weighted by atomic mass is 10.0. The molecule has 0 spiro atoms.